The van der Waals surface area contributed by atoms with Crippen molar-refractivity contribution in [2.45, 2.75) is 123 Å². The van der Waals surface area contributed by atoms with E-state index in [0.717, 1.165) is 95.7 Å². The number of fused-ring (bicyclic) bond motifs is 4. The number of carbonyl (C=O) groups is 4. The summed E-state index contributed by atoms with van der Waals surface area (Å²) in [5, 5.41) is 19.0. The number of nitrogens with one attached hydrogen (secondary N) is 9. The number of carbonyl (C=O) groups excluding carboxylic acids is 4. The van der Waals surface area contributed by atoms with E-state index in [0.29, 0.717) is 104 Å². The molecule has 9 N–H and O–H groups in total. The molecule has 15 heterocycles. The standard InChI is InChI=1S/C19H20ClFN6O.C19H21ClN6O.C19H23ClN6O.C18H15ClF4N6O.5H2/c1-2-5-22-19(28)15-4-3-6-27(15)18-14(21)10-25-17(26-18)13-9-24-16-12(13)7-11(20)8-23-16;1-2-6-22-19(27)15-4-3-8-26(15)16-5-7-21-18(25-16)14-11-24-17-13(14)9-12(20)10-23-17;1-4-6-22-19(27)16(11(2)3)25-15-5-7-21-18(26-15)14-10-24-17-13(14)8-12(20)9-23-17;19-9-3-11-12(6-26-15(11)25-5-9)16-24-2-1-14(28-16)29-7-10(20)4-13(29)17(30)27-8-18(21,22)23;;;;;/h7-10,15H,2-6H2,1H3,(H,22,28)(H,23,24);5,7,9-11,15H,2-4,6,8H2,1H3,(H,22,27)(H,23,24);5,7-11,16H,4,6H2,1-3H3,(H,22,27)(H,23,24)(H,21,25,26);1-3,5-6,10,13H,4,7-8H2,(H,25,26)(H,27,30);5*1H/t2*15-;16-;10-,13+;;;;;/m1110...../s1. The fourth-order valence-electron chi connectivity index (χ4n) is 13.2. The van der Waals surface area contributed by atoms with Crippen LogP contribution in [0.15, 0.2) is 117 Å². The first-order valence-corrected chi connectivity index (χ1v) is 37.9. The lowest BCUT2D eigenvalue weighted by atomic mass is 10.0. The van der Waals surface area contributed by atoms with Crippen LogP contribution in [0.2, 0.25) is 20.1 Å². The Hall–Kier alpha value is -11.0. The maximum Gasteiger partial charge on any atom is 0.405 e. The van der Waals surface area contributed by atoms with E-state index < -0.39 is 42.7 Å². The number of aromatic nitrogens is 16. The van der Waals surface area contributed by atoms with Crippen LogP contribution in [0, 0.1) is 11.7 Å². The zero-order valence-corrected chi connectivity index (χ0v) is 64.3. The second-order valence-corrected chi connectivity index (χ2v) is 28.6. The predicted molar refractivity (Wildman–Crippen MR) is 432 cm³/mol. The number of aromatic amines is 4. The lowest BCUT2D eigenvalue weighted by Gasteiger charge is -2.25. The summed E-state index contributed by atoms with van der Waals surface area (Å²) >= 11 is 24.2. The van der Waals surface area contributed by atoms with Crippen LogP contribution in [-0.4, -0.2) is 186 Å². The first-order chi connectivity index (χ1) is 53.9. The second kappa shape index (κ2) is 36.4. The summed E-state index contributed by atoms with van der Waals surface area (Å²) in [7, 11) is 0. The summed E-state index contributed by atoms with van der Waals surface area (Å²) in [4.78, 5) is 119. The van der Waals surface area contributed by atoms with Crippen LogP contribution in [0.5, 0.6) is 0 Å². The molecule has 28 nitrogen and oxygen atoms in total. The molecule has 0 saturated carbocycles. The number of pyridine rings is 4. The molecule has 3 aliphatic rings. The van der Waals surface area contributed by atoms with E-state index in [-0.39, 0.29) is 73.3 Å². The molecular formula is C75H89Cl4F5N24O4. The molecule has 12 aromatic rings. The van der Waals surface area contributed by atoms with Crippen molar-refractivity contribution in [2.75, 3.05) is 65.8 Å². The predicted octanol–water partition coefficient (Wildman–Crippen LogP) is 14.6. The first-order valence-electron chi connectivity index (χ1n) is 36.4. The van der Waals surface area contributed by atoms with Crippen LogP contribution in [-0.2, 0) is 19.2 Å². The van der Waals surface area contributed by atoms with Crippen molar-refractivity contribution >= 4 is 137 Å². The van der Waals surface area contributed by atoms with Crippen molar-refractivity contribution < 1.29 is 48.3 Å². The van der Waals surface area contributed by atoms with E-state index in [1.54, 1.807) is 72.7 Å². The maximum absolute atomic E-state index is 14.6. The monoisotopic (exact) mass is 1620 g/mol. The van der Waals surface area contributed by atoms with Crippen LogP contribution in [0.3, 0.4) is 0 Å². The Kier molecular flexibility index (Phi) is 26.2. The summed E-state index contributed by atoms with van der Waals surface area (Å²) in [6.07, 6.45) is 19.0. The average molecular weight is 1630 g/mol. The van der Waals surface area contributed by atoms with E-state index >= 15 is 0 Å². The van der Waals surface area contributed by atoms with Crippen molar-refractivity contribution in [1.29, 1.82) is 0 Å². The highest BCUT2D eigenvalue weighted by Gasteiger charge is 2.40. The van der Waals surface area contributed by atoms with Crippen molar-refractivity contribution in [3.8, 4) is 45.6 Å². The minimum absolute atomic E-state index is 0. The SMILES string of the molecule is CCCNC(=O)[C@H](Nc1ccnc(-c2c[nH]c3ncc(Cl)cc23)n1)C(C)C.CCCNC(=O)[C@H]1CCCN1c1ccnc(-c2c[nH]c3ncc(Cl)cc23)n1.CCCNC(=O)[C@H]1CCCN1c1nc(-c2c[nH]c3ncc(Cl)cc23)ncc1F.O=C(NCC(F)(F)F)[C@H]1C[C@H](F)CN1c1ccnc(-c2c[nH]c3ncc(Cl)cc23)n1.[HH].[HH].[HH].[HH].[HH]. The van der Waals surface area contributed by atoms with Gasteiger partial charge in [-0.1, -0.05) is 81.0 Å². The third-order valence-electron chi connectivity index (χ3n) is 18.5. The van der Waals surface area contributed by atoms with Gasteiger partial charge in [0.05, 0.1) is 32.8 Å². The number of hydrogen-bond acceptors (Lipinski definition) is 20. The Morgan fingerprint density at radius 2 is 0.938 bits per heavy atom. The number of hydrogen-bond donors (Lipinski definition) is 9. The summed E-state index contributed by atoms with van der Waals surface area (Å²) in [5.74, 6) is 2.07. The Morgan fingerprint density at radius 3 is 1.39 bits per heavy atom. The van der Waals surface area contributed by atoms with Gasteiger partial charge in [-0.25, -0.2) is 68.6 Å². The van der Waals surface area contributed by atoms with E-state index in [9.17, 15) is 41.1 Å². The van der Waals surface area contributed by atoms with Crippen molar-refractivity contribution in [1.82, 2.24) is 101 Å². The molecule has 12 aromatic heterocycles. The van der Waals surface area contributed by atoms with Crippen molar-refractivity contribution in [3.05, 3.63) is 143 Å². The van der Waals surface area contributed by atoms with E-state index in [1.807, 2.05) is 64.3 Å². The Labute approximate surface area is 665 Å². The fourth-order valence-corrected chi connectivity index (χ4v) is 13.8. The Morgan fingerprint density at radius 1 is 0.527 bits per heavy atom. The van der Waals surface area contributed by atoms with E-state index in [4.69, 9.17) is 51.4 Å². The largest absolute Gasteiger partial charge is 0.405 e. The lowest BCUT2D eigenvalue weighted by molar-refractivity contribution is -0.139. The van der Waals surface area contributed by atoms with Gasteiger partial charge >= 0.3 is 6.18 Å². The van der Waals surface area contributed by atoms with Gasteiger partial charge in [-0.15, -0.1) is 0 Å². The fraction of sp³-hybridized carbons (Fsp3) is 0.360. The van der Waals surface area contributed by atoms with Gasteiger partial charge in [0.25, 0.3) is 0 Å². The third-order valence-corrected chi connectivity index (χ3v) is 19.3. The number of anilines is 4. The molecule has 5 atom stereocenters. The number of H-pyrrole nitrogens is 4. The molecule has 0 radical (unpaired) electrons. The number of alkyl halides is 4. The van der Waals surface area contributed by atoms with Crippen molar-refractivity contribution in [3.63, 3.8) is 0 Å². The first kappa shape index (κ1) is 80.5. The lowest BCUT2D eigenvalue weighted by Crippen LogP contribution is -2.46. The molecule has 112 heavy (non-hydrogen) atoms. The molecule has 0 aromatic carbocycles. The summed E-state index contributed by atoms with van der Waals surface area (Å²) in [6.45, 7) is 11.7. The second-order valence-electron chi connectivity index (χ2n) is 26.9. The molecule has 0 unspecified atom stereocenters. The molecule has 4 amide bonds. The van der Waals surface area contributed by atoms with Crippen LogP contribution in [0.4, 0.5) is 45.2 Å². The average Bonchev–Trinajstić information content (AvgIpc) is 1.68. The number of halogens is 9. The Balaban J connectivity index is 0.000000213. The van der Waals surface area contributed by atoms with Gasteiger partial charge in [0.15, 0.2) is 34.9 Å². The van der Waals surface area contributed by atoms with Crippen LogP contribution in [0.1, 0.15) is 93.1 Å². The third kappa shape index (κ3) is 19.3. The van der Waals surface area contributed by atoms with Crippen LogP contribution >= 0.6 is 46.4 Å². The minimum atomic E-state index is -4.55. The normalized spacial score (nSPS) is 16.4. The van der Waals surface area contributed by atoms with Crippen LogP contribution in [0.25, 0.3) is 89.7 Å². The van der Waals surface area contributed by atoms with E-state index in [2.05, 4.69) is 101 Å². The molecule has 0 bridgehead atoms. The molecular weight excluding hydrogens is 1540 g/mol. The smallest absolute Gasteiger partial charge is 0.358 e. The highest BCUT2D eigenvalue weighted by atomic mass is 35.5. The zero-order chi connectivity index (χ0) is 79.3. The number of amides is 4. The van der Waals surface area contributed by atoms with Crippen molar-refractivity contribution in [2.24, 2.45) is 5.92 Å². The summed E-state index contributed by atoms with van der Waals surface area (Å²) < 4.78 is 65.9. The quantitative estimate of drug-likeness (QED) is 0.0302. The van der Waals surface area contributed by atoms with Gasteiger partial charge in [0.1, 0.15) is 76.9 Å². The molecule has 3 fully saturated rings. The zero-order valence-electron chi connectivity index (χ0n) is 61.3. The van der Waals surface area contributed by atoms with Gasteiger partial charge in [-0.3, -0.25) is 19.2 Å². The van der Waals surface area contributed by atoms with Gasteiger partial charge in [0.2, 0.25) is 23.6 Å². The highest BCUT2D eigenvalue weighted by Crippen LogP contribution is 2.36. The summed E-state index contributed by atoms with van der Waals surface area (Å²) in [5.41, 5.74) is 5.59. The molecule has 0 spiro atoms. The summed E-state index contributed by atoms with van der Waals surface area (Å²) in [6, 6.07) is 10.1. The topological polar surface area (TPSA) is 356 Å². The number of nitrogens with zero attached hydrogens (tertiary/aromatic N) is 15. The van der Waals surface area contributed by atoms with E-state index in [1.165, 1.54) is 23.4 Å². The minimum Gasteiger partial charge on any atom is -0.358 e. The number of rotatable bonds is 21. The van der Waals surface area contributed by atoms with Gasteiger partial charge in [-0.05, 0) is 93.3 Å². The van der Waals surface area contributed by atoms with Gasteiger partial charge in [-0.2, -0.15) is 13.2 Å². The molecule has 3 saturated heterocycles. The molecule has 3 aliphatic heterocycles. The van der Waals surface area contributed by atoms with Gasteiger partial charge < -0.3 is 61.2 Å². The molecule has 15 rings (SSSR count). The molecule has 0 aliphatic carbocycles. The highest BCUT2D eigenvalue weighted by molar-refractivity contribution is 6.32. The Bertz CT molecular complexity index is 5330. The van der Waals surface area contributed by atoms with Gasteiger partial charge in [0, 0.05) is 158 Å². The molecule has 37 heteroatoms. The maximum atomic E-state index is 14.6. The van der Waals surface area contributed by atoms with Crippen LogP contribution < -0.4 is 41.3 Å². The molecule has 596 valence electrons.